The monoisotopic (exact) mass is 325 g/mol. The molecule has 1 heterocycles. The first-order valence-corrected chi connectivity index (χ1v) is 7.68. The zero-order valence-corrected chi connectivity index (χ0v) is 13.4. The normalized spacial score (nSPS) is 16.3. The fourth-order valence-electron chi connectivity index (χ4n) is 2.83. The van der Waals surface area contributed by atoms with Crippen molar-refractivity contribution in [3.05, 3.63) is 60.7 Å². The first kappa shape index (κ1) is 15.9. The molecule has 1 aliphatic rings. The van der Waals surface area contributed by atoms with Crippen molar-refractivity contribution in [2.75, 3.05) is 18.6 Å². The number of ether oxygens (including phenoxy) is 2. The molecule has 2 aromatic rings. The van der Waals surface area contributed by atoms with Crippen LogP contribution in [0.5, 0.6) is 17.2 Å². The Labute approximate surface area is 140 Å². The number of rotatable bonds is 5. The highest BCUT2D eigenvalue weighted by Gasteiger charge is 2.34. The van der Waals surface area contributed by atoms with Crippen LogP contribution >= 0.6 is 0 Å². The van der Waals surface area contributed by atoms with Gasteiger partial charge in [-0.1, -0.05) is 24.3 Å². The zero-order valence-electron chi connectivity index (χ0n) is 13.4. The number of methoxy groups -OCH3 is 1. The van der Waals surface area contributed by atoms with Crippen molar-refractivity contribution in [3.8, 4) is 17.2 Å². The second kappa shape index (κ2) is 6.66. The van der Waals surface area contributed by atoms with E-state index in [4.69, 9.17) is 9.47 Å². The predicted octanol–water partition coefficient (Wildman–Crippen LogP) is 2.92. The minimum Gasteiger partial charge on any atom is -0.508 e. The van der Waals surface area contributed by atoms with Crippen LogP contribution in [0.4, 0.5) is 5.69 Å². The number of para-hydroxylation sites is 1. The Morgan fingerprint density at radius 2 is 2.12 bits per heavy atom. The van der Waals surface area contributed by atoms with Gasteiger partial charge in [0.05, 0.1) is 12.8 Å². The Morgan fingerprint density at radius 1 is 1.33 bits per heavy atom. The molecule has 3 rings (SSSR count). The molecule has 0 fully saturated rings. The van der Waals surface area contributed by atoms with E-state index in [0.29, 0.717) is 24.4 Å². The van der Waals surface area contributed by atoms with Crippen LogP contribution in [-0.2, 0) is 11.2 Å². The molecule has 0 aliphatic carbocycles. The van der Waals surface area contributed by atoms with Gasteiger partial charge in [0.2, 0.25) is 0 Å². The third-order valence-electron chi connectivity index (χ3n) is 3.95. The van der Waals surface area contributed by atoms with Crippen LogP contribution in [-0.4, -0.2) is 30.8 Å². The van der Waals surface area contributed by atoms with Crippen LogP contribution < -0.4 is 14.4 Å². The molecule has 1 unspecified atom stereocenters. The Hall–Kier alpha value is -2.95. The van der Waals surface area contributed by atoms with E-state index in [1.165, 1.54) is 6.07 Å². The summed E-state index contributed by atoms with van der Waals surface area (Å²) >= 11 is 0. The van der Waals surface area contributed by atoms with E-state index in [0.717, 1.165) is 11.3 Å². The molecule has 0 saturated carbocycles. The molecule has 2 aromatic carbocycles. The average Bonchev–Trinajstić information content (AvgIpc) is 2.59. The Bertz CT molecular complexity index is 772. The Kier molecular flexibility index (Phi) is 4.42. The molecule has 1 N–H and O–H groups in total. The molecule has 1 atom stereocenters. The van der Waals surface area contributed by atoms with Crippen molar-refractivity contribution >= 4 is 11.6 Å². The van der Waals surface area contributed by atoms with E-state index in [9.17, 15) is 9.90 Å². The molecule has 0 spiro atoms. The van der Waals surface area contributed by atoms with Gasteiger partial charge in [-0.3, -0.25) is 4.79 Å². The van der Waals surface area contributed by atoms with E-state index in [-0.39, 0.29) is 11.7 Å². The van der Waals surface area contributed by atoms with Crippen LogP contribution in [0.1, 0.15) is 5.56 Å². The first-order chi connectivity index (χ1) is 11.6. The SMILES string of the molecule is C=CCN1C(=O)C(Cc2ccccc2OC)Oc2ccc(O)cc21. The van der Waals surface area contributed by atoms with Gasteiger partial charge in [0.25, 0.3) is 5.91 Å². The lowest BCUT2D eigenvalue weighted by Gasteiger charge is -2.34. The zero-order chi connectivity index (χ0) is 17.1. The molecular weight excluding hydrogens is 306 g/mol. The number of hydrogen-bond acceptors (Lipinski definition) is 4. The number of nitrogens with zero attached hydrogens (tertiary/aromatic N) is 1. The van der Waals surface area contributed by atoms with E-state index in [2.05, 4.69) is 6.58 Å². The van der Waals surface area contributed by atoms with Gasteiger partial charge in [-0.15, -0.1) is 6.58 Å². The highest BCUT2D eigenvalue weighted by Crippen LogP contribution is 2.37. The number of anilines is 1. The van der Waals surface area contributed by atoms with Crippen LogP contribution in [0.3, 0.4) is 0 Å². The van der Waals surface area contributed by atoms with Gasteiger partial charge in [-0.25, -0.2) is 0 Å². The minimum atomic E-state index is -0.654. The summed E-state index contributed by atoms with van der Waals surface area (Å²) in [5.74, 6) is 1.20. The highest BCUT2D eigenvalue weighted by atomic mass is 16.5. The summed E-state index contributed by atoms with van der Waals surface area (Å²) < 4.78 is 11.2. The second-order valence-corrected chi connectivity index (χ2v) is 5.51. The molecule has 0 aromatic heterocycles. The smallest absolute Gasteiger partial charge is 0.268 e. The van der Waals surface area contributed by atoms with Crippen LogP contribution in [0.15, 0.2) is 55.1 Å². The number of amides is 1. The third kappa shape index (κ3) is 2.93. The number of aromatic hydroxyl groups is 1. The number of carbonyl (C=O) groups excluding carboxylic acids is 1. The number of hydrogen-bond donors (Lipinski definition) is 1. The van der Waals surface area contributed by atoms with Crippen molar-refractivity contribution in [1.29, 1.82) is 0 Å². The maximum absolute atomic E-state index is 12.8. The third-order valence-corrected chi connectivity index (χ3v) is 3.95. The van der Waals surface area contributed by atoms with Gasteiger partial charge in [0.1, 0.15) is 17.2 Å². The Morgan fingerprint density at radius 3 is 2.88 bits per heavy atom. The van der Waals surface area contributed by atoms with Gasteiger partial charge >= 0.3 is 0 Å². The predicted molar refractivity (Wildman–Crippen MR) is 91.8 cm³/mol. The minimum absolute atomic E-state index is 0.0855. The number of fused-ring (bicyclic) bond motifs is 1. The summed E-state index contributed by atoms with van der Waals surface area (Å²) in [6.45, 7) is 4.05. The van der Waals surface area contributed by atoms with Gasteiger partial charge in [-0.05, 0) is 23.8 Å². The number of phenols is 1. The summed E-state index contributed by atoms with van der Waals surface area (Å²) in [5, 5.41) is 9.69. The molecule has 1 amide bonds. The van der Waals surface area contributed by atoms with Crippen LogP contribution in [0, 0.1) is 0 Å². The van der Waals surface area contributed by atoms with Crippen LogP contribution in [0.2, 0.25) is 0 Å². The maximum atomic E-state index is 12.8. The number of benzene rings is 2. The highest BCUT2D eigenvalue weighted by molar-refractivity contribution is 6.00. The maximum Gasteiger partial charge on any atom is 0.268 e. The van der Waals surface area contributed by atoms with Crippen molar-refractivity contribution in [1.82, 2.24) is 0 Å². The molecule has 0 saturated heterocycles. The van der Waals surface area contributed by atoms with E-state index >= 15 is 0 Å². The molecule has 24 heavy (non-hydrogen) atoms. The lowest BCUT2D eigenvalue weighted by molar-refractivity contribution is -0.126. The molecule has 124 valence electrons. The lowest BCUT2D eigenvalue weighted by atomic mass is 10.0. The second-order valence-electron chi connectivity index (χ2n) is 5.51. The Balaban J connectivity index is 1.94. The van der Waals surface area contributed by atoms with E-state index < -0.39 is 6.10 Å². The van der Waals surface area contributed by atoms with Gasteiger partial charge < -0.3 is 19.5 Å². The topological polar surface area (TPSA) is 59.0 Å². The van der Waals surface area contributed by atoms with E-state index in [1.54, 1.807) is 30.2 Å². The molecular formula is C19H19NO4. The van der Waals surface area contributed by atoms with Crippen LogP contribution in [0.25, 0.3) is 0 Å². The quantitative estimate of drug-likeness (QED) is 0.859. The van der Waals surface area contributed by atoms with Gasteiger partial charge in [-0.2, -0.15) is 0 Å². The van der Waals surface area contributed by atoms with Crippen molar-refractivity contribution in [3.63, 3.8) is 0 Å². The van der Waals surface area contributed by atoms with Gasteiger partial charge in [0.15, 0.2) is 6.10 Å². The molecule has 5 heteroatoms. The molecule has 0 bridgehead atoms. The van der Waals surface area contributed by atoms with Crippen molar-refractivity contribution in [2.24, 2.45) is 0 Å². The lowest BCUT2D eigenvalue weighted by Crippen LogP contribution is -2.47. The molecule has 0 radical (unpaired) electrons. The fraction of sp³-hybridized carbons (Fsp3) is 0.211. The number of phenolic OH excluding ortho intramolecular Hbond substituents is 1. The first-order valence-electron chi connectivity index (χ1n) is 7.68. The fourth-order valence-corrected chi connectivity index (χ4v) is 2.83. The average molecular weight is 325 g/mol. The standard InChI is InChI=1S/C19H19NO4/c1-3-10-20-15-12-14(21)8-9-17(15)24-18(19(20)22)11-13-6-4-5-7-16(13)23-2/h3-9,12,18,21H,1,10-11H2,2H3. The van der Waals surface area contributed by atoms with Crippen molar-refractivity contribution < 1.29 is 19.4 Å². The summed E-state index contributed by atoms with van der Waals surface area (Å²) in [6.07, 6.45) is 1.40. The summed E-state index contributed by atoms with van der Waals surface area (Å²) in [7, 11) is 1.60. The molecule has 1 aliphatic heterocycles. The van der Waals surface area contributed by atoms with E-state index in [1.807, 2.05) is 24.3 Å². The summed E-state index contributed by atoms with van der Waals surface area (Å²) in [4.78, 5) is 14.4. The van der Waals surface area contributed by atoms with Gasteiger partial charge in [0, 0.05) is 19.0 Å². The summed E-state index contributed by atoms with van der Waals surface area (Å²) in [6, 6.07) is 12.3. The molecule has 5 nitrogen and oxygen atoms in total. The number of carbonyl (C=O) groups is 1. The summed E-state index contributed by atoms with van der Waals surface area (Å²) in [5.41, 5.74) is 1.45. The largest absolute Gasteiger partial charge is 0.508 e. The van der Waals surface area contributed by atoms with Crippen molar-refractivity contribution in [2.45, 2.75) is 12.5 Å².